The van der Waals surface area contributed by atoms with E-state index in [1.165, 1.54) is 6.56 Å². The van der Waals surface area contributed by atoms with Crippen molar-refractivity contribution in [2.75, 3.05) is 0 Å². The first-order valence-electron chi connectivity index (χ1n) is 10.7. The Labute approximate surface area is 191 Å². The molecule has 2 aliphatic rings. The molecule has 0 saturated carbocycles. The third-order valence-electron chi connectivity index (χ3n) is 5.57. The zero-order valence-corrected chi connectivity index (χ0v) is 20.3. The van der Waals surface area contributed by atoms with Gasteiger partial charge in [0.15, 0.2) is 0 Å². The summed E-state index contributed by atoms with van der Waals surface area (Å²) in [7, 11) is 0. The van der Waals surface area contributed by atoms with Gasteiger partial charge in [0.05, 0.1) is 0 Å². The molecule has 0 spiro atoms. The van der Waals surface area contributed by atoms with Gasteiger partial charge in [-0.2, -0.15) is 0 Å². The van der Waals surface area contributed by atoms with Gasteiger partial charge in [-0.05, 0) is 0 Å². The number of para-hydroxylation sites is 2. The number of rotatable bonds is 10. The molecule has 0 fully saturated rings. The molecule has 0 radical (unpaired) electrons. The van der Waals surface area contributed by atoms with E-state index < -0.39 is 21.1 Å². The van der Waals surface area contributed by atoms with E-state index in [0.717, 1.165) is 48.3 Å². The normalized spacial score (nSPS) is 14.8. The molecule has 2 aromatic rings. The van der Waals surface area contributed by atoms with Crippen molar-refractivity contribution in [3.8, 4) is 11.5 Å². The first-order valence-corrected chi connectivity index (χ1v) is 15.2. The molecule has 0 aliphatic heterocycles. The Hall–Kier alpha value is -2.64. The molecule has 0 atom stereocenters. The van der Waals surface area contributed by atoms with Crippen molar-refractivity contribution in [3.63, 3.8) is 0 Å². The van der Waals surface area contributed by atoms with Crippen LogP contribution in [-0.2, 0) is 34.0 Å². The van der Waals surface area contributed by atoms with Crippen molar-refractivity contribution >= 4 is 0 Å². The van der Waals surface area contributed by atoms with Crippen molar-refractivity contribution in [2.24, 2.45) is 0 Å². The van der Waals surface area contributed by atoms with Crippen molar-refractivity contribution in [3.05, 3.63) is 128 Å². The summed E-state index contributed by atoms with van der Waals surface area (Å²) < 4.78 is 16.8. The summed E-state index contributed by atoms with van der Waals surface area (Å²) in [5.74, 6) is 1.81. The van der Waals surface area contributed by atoms with Crippen LogP contribution in [-0.4, -0.2) is 0 Å². The zero-order valence-electron chi connectivity index (χ0n) is 17.8. The average Bonchev–Trinajstić information content (AvgIpc) is 3.51. The van der Waals surface area contributed by atoms with Crippen LogP contribution in [0.5, 0.6) is 11.5 Å². The van der Waals surface area contributed by atoms with Gasteiger partial charge >= 0.3 is 192 Å². The van der Waals surface area contributed by atoms with Gasteiger partial charge in [0.1, 0.15) is 0 Å². The Morgan fingerprint density at radius 2 is 1.16 bits per heavy atom. The van der Waals surface area contributed by atoms with Crippen molar-refractivity contribution < 1.29 is 26.8 Å². The standard InChI is InChI=1S/2C9H10O.2C5H5.Zr/c2*1-2-5-8-6-3-4-7-9(8)10;2*1-2-4-5-3-1;/h2*2-4,6-7,10H,1,5H2;2*1-3H,4H2;/q;;;;+2/p-2. The van der Waals surface area contributed by atoms with E-state index in [9.17, 15) is 0 Å². The molecule has 156 valence electrons. The summed E-state index contributed by atoms with van der Waals surface area (Å²) in [4.78, 5) is 0. The molecule has 0 heterocycles. The summed E-state index contributed by atoms with van der Waals surface area (Å²) in [6.07, 6.45) is 20.2. The Morgan fingerprint density at radius 1 is 0.710 bits per heavy atom. The molecule has 0 saturated heterocycles. The van der Waals surface area contributed by atoms with Gasteiger partial charge in [0.25, 0.3) is 0 Å². The third kappa shape index (κ3) is 4.67. The molecular formula is C28H28O2Zr. The SMILES string of the molecule is C=CCc1ccccc1[O][Zr]([O]c1ccccc1CC=C)([C]1=CC=CC1)[C]1=CC=CC1. The molecule has 0 N–H and O–H groups in total. The van der Waals surface area contributed by atoms with E-state index in [0.29, 0.717) is 0 Å². The molecule has 2 nitrogen and oxygen atoms in total. The van der Waals surface area contributed by atoms with Crippen LogP contribution >= 0.6 is 0 Å². The van der Waals surface area contributed by atoms with Crippen LogP contribution in [0, 0.1) is 0 Å². The maximum absolute atomic E-state index is 7.09. The van der Waals surface area contributed by atoms with Gasteiger partial charge in [-0.1, -0.05) is 0 Å². The van der Waals surface area contributed by atoms with Gasteiger partial charge in [-0.3, -0.25) is 0 Å². The Balaban J connectivity index is 1.84. The predicted molar refractivity (Wildman–Crippen MR) is 126 cm³/mol. The molecule has 3 heteroatoms. The second-order valence-corrected chi connectivity index (χ2v) is 14.9. The Bertz CT molecular complexity index is 1000. The molecule has 0 aromatic heterocycles. The molecule has 0 unspecified atom stereocenters. The molecule has 2 aromatic carbocycles. The van der Waals surface area contributed by atoms with Crippen LogP contribution < -0.4 is 5.63 Å². The monoisotopic (exact) mass is 486 g/mol. The Kier molecular flexibility index (Phi) is 7.04. The second kappa shape index (κ2) is 10.1. The van der Waals surface area contributed by atoms with Crippen molar-refractivity contribution in [2.45, 2.75) is 25.7 Å². The van der Waals surface area contributed by atoms with Gasteiger partial charge < -0.3 is 0 Å². The number of benzene rings is 2. The van der Waals surface area contributed by atoms with Gasteiger partial charge in [0, 0.05) is 0 Å². The predicted octanol–water partition coefficient (Wildman–Crippen LogP) is 7.27. The fourth-order valence-electron chi connectivity index (χ4n) is 4.04. The minimum absolute atomic E-state index is 0.764. The zero-order chi connectivity index (χ0) is 21.5. The first kappa shape index (κ1) is 21.6. The van der Waals surface area contributed by atoms with E-state index in [4.69, 9.17) is 5.63 Å². The number of hydrogen-bond donors (Lipinski definition) is 0. The molecule has 31 heavy (non-hydrogen) atoms. The van der Waals surface area contributed by atoms with Gasteiger partial charge in [-0.15, -0.1) is 0 Å². The van der Waals surface area contributed by atoms with Crippen LogP contribution in [0.25, 0.3) is 0 Å². The van der Waals surface area contributed by atoms with Crippen LogP contribution in [0.4, 0.5) is 0 Å². The molecule has 2 aliphatic carbocycles. The number of hydrogen-bond acceptors (Lipinski definition) is 2. The van der Waals surface area contributed by atoms with E-state index >= 15 is 0 Å². The molecule has 0 amide bonds. The fraction of sp³-hybridized carbons (Fsp3) is 0.143. The first-order chi connectivity index (χ1) is 15.3. The second-order valence-electron chi connectivity index (χ2n) is 7.67. The van der Waals surface area contributed by atoms with E-state index in [2.05, 4.69) is 86.0 Å². The van der Waals surface area contributed by atoms with Gasteiger partial charge in [-0.25, -0.2) is 0 Å². The third-order valence-corrected chi connectivity index (χ3v) is 14.0. The summed E-state index contributed by atoms with van der Waals surface area (Å²) in [5, 5.41) is 0. The average molecular weight is 488 g/mol. The van der Waals surface area contributed by atoms with Crippen LogP contribution in [0.15, 0.2) is 117 Å². The minimum atomic E-state index is -4.02. The van der Waals surface area contributed by atoms with Crippen molar-refractivity contribution in [1.29, 1.82) is 0 Å². The molecule has 4 rings (SSSR count). The summed E-state index contributed by atoms with van der Waals surface area (Å²) >= 11 is -4.02. The molecular weight excluding hydrogens is 460 g/mol. The van der Waals surface area contributed by atoms with Crippen molar-refractivity contribution in [1.82, 2.24) is 0 Å². The summed E-state index contributed by atoms with van der Waals surface area (Å²) in [6, 6.07) is 16.5. The molecule has 0 bridgehead atoms. The van der Waals surface area contributed by atoms with Gasteiger partial charge in [0.2, 0.25) is 0 Å². The summed E-state index contributed by atoms with van der Waals surface area (Å²) in [6.45, 7) is 7.85. The van der Waals surface area contributed by atoms with Crippen LogP contribution in [0.1, 0.15) is 24.0 Å². The van der Waals surface area contributed by atoms with E-state index in [-0.39, 0.29) is 0 Å². The van der Waals surface area contributed by atoms with E-state index in [1.807, 2.05) is 24.3 Å². The van der Waals surface area contributed by atoms with Crippen LogP contribution in [0.3, 0.4) is 0 Å². The maximum atomic E-state index is 7.09. The topological polar surface area (TPSA) is 18.5 Å². The number of allylic oxidation sites excluding steroid dienone is 10. The quantitative estimate of drug-likeness (QED) is 0.328. The van der Waals surface area contributed by atoms with E-state index in [1.54, 1.807) is 0 Å². The Morgan fingerprint density at radius 3 is 1.55 bits per heavy atom. The van der Waals surface area contributed by atoms with Crippen LogP contribution in [0.2, 0.25) is 0 Å². The summed E-state index contributed by atoms with van der Waals surface area (Å²) in [5.41, 5.74) is 2.28. The fourth-order valence-corrected chi connectivity index (χ4v) is 12.4.